The van der Waals surface area contributed by atoms with Crippen LogP contribution in [0.2, 0.25) is 0 Å². The van der Waals surface area contributed by atoms with Crippen molar-refractivity contribution in [1.29, 1.82) is 0 Å². The third kappa shape index (κ3) is 11.3. The van der Waals surface area contributed by atoms with Gasteiger partial charge in [-0.15, -0.1) is 0 Å². The van der Waals surface area contributed by atoms with Gasteiger partial charge in [-0.25, -0.2) is 4.79 Å². The largest absolute Gasteiger partial charge is 0.352 e. The van der Waals surface area contributed by atoms with E-state index in [2.05, 4.69) is 5.32 Å². The van der Waals surface area contributed by atoms with Crippen LogP contribution >= 0.6 is 7.60 Å². The van der Waals surface area contributed by atoms with E-state index in [1.807, 2.05) is 13.8 Å². The Kier molecular flexibility index (Phi) is 11.8. The average Bonchev–Trinajstić information content (AvgIpc) is 2.37. The first-order valence-corrected chi connectivity index (χ1v) is 9.18. The molecule has 0 aromatic carbocycles. The van der Waals surface area contributed by atoms with Crippen LogP contribution in [-0.4, -0.2) is 32.0 Å². The minimum absolute atomic E-state index is 0.421. The lowest BCUT2D eigenvalue weighted by Gasteiger charge is -2.16. The van der Waals surface area contributed by atoms with Gasteiger partial charge in [0.05, 0.1) is 19.4 Å². The van der Waals surface area contributed by atoms with Crippen molar-refractivity contribution in [3.05, 3.63) is 0 Å². The molecule has 0 rings (SSSR count). The molecule has 0 bridgehead atoms. The highest BCUT2D eigenvalue weighted by Gasteiger charge is 2.22. The normalized spacial score (nSPS) is 11.5. The number of hydrogen-bond acceptors (Lipinski definition) is 4. The summed E-state index contributed by atoms with van der Waals surface area (Å²) in [6, 6.07) is -0.465. The molecule has 0 aliphatic carbocycles. The van der Waals surface area contributed by atoms with Gasteiger partial charge in [-0.05, 0) is 26.7 Å². The Morgan fingerprint density at radius 2 is 1.50 bits per heavy atom. The number of nitrogens with one attached hydrogen (secondary N) is 1. The fraction of sp³-hybridized carbons (Fsp3) is 0.923. The average molecular weight is 308 g/mol. The SMILES string of the molecule is CCOP(=O)(CCCCCCCCNC(N)=O)OCC. The highest BCUT2D eigenvalue weighted by molar-refractivity contribution is 7.53. The monoisotopic (exact) mass is 308 g/mol. The second-order valence-electron chi connectivity index (χ2n) is 4.58. The van der Waals surface area contributed by atoms with E-state index in [4.69, 9.17) is 14.8 Å². The molecule has 0 fully saturated rings. The number of nitrogens with two attached hydrogens (primary N) is 1. The summed E-state index contributed by atoms with van der Waals surface area (Å²) >= 11 is 0. The summed E-state index contributed by atoms with van der Waals surface area (Å²) in [5, 5.41) is 2.56. The first kappa shape index (κ1) is 19.4. The van der Waals surface area contributed by atoms with Crippen LogP contribution in [0.3, 0.4) is 0 Å². The molecule has 0 spiro atoms. The summed E-state index contributed by atoms with van der Waals surface area (Å²) < 4.78 is 22.6. The molecule has 0 heterocycles. The van der Waals surface area contributed by atoms with Crippen LogP contribution in [-0.2, 0) is 13.6 Å². The number of amides is 2. The number of carbonyl (C=O) groups excluding carboxylic acids is 1. The molecule has 0 atom stereocenters. The van der Waals surface area contributed by atoms with Crippen molar-refractivity contribution in [2.24, 2.45) is 5.73 Å². The first-order chi connectivity index (χ1) is 9.54. The Morgan fingerprint density at radius 1 is 1.00 bits per heavy atom. The molecule has 0 saturated carbocycles. The van der Waals surface area contributed by atoms with Gasteiger partial charge < -0.3 is 20.1 Å². The van der Waals surface area contributed by atoms with Crippen molar-refractivity contribution >= 4 is 13.6 Å². The zero-order valence-electron chi connectivity index (χ0n) is 12.7. The Morgan fingerprint density at radius 3 is 2.00 bits per heavy atom. The molecule has 0 aliphatic heterocycles. The number of primary amides is 1. The molecule has 7 heteroatoms. The molecular formula is C13H29N2O4P. The Hall–Kier alpha value is -0.580. The maximum absolute atomic E-state index is 12.2. The van der Waals surface area contributed by atoms with Gasteiger partial charge in [-0.2, -0.15) is 0 Å². The van der Waals surface area contributed by atoms with Crippen LogP contribution in [0.15, 0.2) is 0 Å². The van der Waals surface area contributed by atoms with E-state index in [1.54, 1.807) is 0 Å². The summed E-state index contributed by atoms with van der Waals surface area (Å²) in [5.74, 6) is 0. The summed E-state index contributed by atoms with van der Waals surface area (Å²) in [6.07, 6.45) is 6.58. The third-order valence-electron chi connectivity index (χ3n) is 2.81. The number of rotatable bonds is 13. The van der Waals surface area contributed by atoms with E-state index in [-0.39, 0.29) is 0 Å². The first-order valence-electron chi connectivity index (χ1n) is 7.45. The van der Waals surface area contributed by atoms with Gasteiger partial charge in [0.25, 0.3) is 0 Å². The van der Waals surface area contributed by atoms with E-state index in [9.17, 15) is 9.36 Å². The fourth-order valence-electron chi connectivity index (χ4n) is 1.91. The van der Waals surface area contributed by atoms with Gasteiger partial charge in [0.2, 0.25) is 0 Å². The Balaban J connectivity index is 3.50. The van der Waals surface area contributed by atoms with Crippen molar-refractivity contribution in [2.45, 2.75) is 52.4 Å². The number of hydrogen-bond donors (Lipinski definition) is 2. The maximum Gasteiger partial charge on any atom is 0.330 e. The molecule has 0 aliphatic rings. The van der Waals surface area contributed by atoms with Gasteiger partial charge in [0.1, 0.15) is 0 Å². The molecule has 0 saturated heterocycles. The lowest BCUT2D eigenvalue weighted by atomic mass is 10.1. The van der Waals surface area contributed by atoms with Gasteiger partial charge in [-0.1, -0.05) is 25.7 Å². The molecule has 120 valence electrons. The molecule has 0 aromatic heterocycles. The van der Waals surface area contributed by atoms with Crippen molar-refractivity contribution in [3.8, 4) is 0 Å². The Labute approximate surface area is 122 Å². The second kappa shape index (κ2) is 12.2. The number of unbranched alkanes of at least 4 members (excludes halogenated alkanes) is 5. The van der Waals surface area contributed by atoms with Crippen LogP contribution in [0.25, 0.3) is 0 Å². The summed E-state index contributed by atoms with van der Waals surface area (Å²) in [4.78, 5) is 10.4. The number of carbonyl (C=O) groups is 1. The molecule has 6 nitrogen and oxygen atoms in total. The minimum atomic E-state index is -2.86. The van der Waals surface area contributed by atoms with Crippen molar-refractivity contribution in [1.82, 2.24) is 5.32 Å². The molecule has 3 N–H and O–H groups in total. The predicted molar refractivity (Wildman–Crippen MR) is 81.0 cm³/mol. The smallest absolute Gasteiger partial charge is 0.330 e. The van der Waals surface area contributed by atoms with E-state index >= 15 is 0 Å². The van der Waals surface area contributed by atoms with Crippen molar-refractivity contribution in [2.75, 3.05) is 25.9 Å². The predicted octanol–water partition coefficient (Wildman–Crippen LogP) is 3.26. The van der Waals surface area contributed by atoms with Gasteiger partial charge in [0, 0.05) is 6.54 Å². The zero-order valence-corrected chi connectivity index (χ0v) is 13.6. The molecular weight excluding hydrogens is 279 g/mol. The summed E-state index contributed by atoms with van der Waals surface area (Å²) in [7, 11) is -2.86. The van der Waals surface area contributed by atoms with E-state index in [1.165, 1.54) is 0 Å². The number of urea groups is 1. The van der Waals surface area contributed by atoms with E-state index in [0.717, 1.165) is 38.5 Å². The zero-order chi connectivity index (χ0) is 15.3. The highest BCUT2D eigenvalue weighted by atomic mass is 31.2. The summed E-state index contributed by atoms with van der Waals surface area (Å²) in [5.41, 5.74) is 4.96. The van der Waals surface area contributed by atoms with Gasteiger partial charge in [-0.3, -0.25) is 4.57 Å². The van der Waals surface area contributed by atoms with Gasteiger partial charge in [0.15, 0.2) is 0 Å². The van der Waals surface area contributed by atoms with Crippen molar-refractivity contribution in [3.63, 3.8) is 0 Å². The summed E-state index contributed by atoms with van der Waals surface area (Å²) in [6.45, 7) is 5.13. The maximum atomic E-state index is 12.2. The van der Waals surface area contributed by atoms with Crippen LogP contribution in [0, 0.1) is 0 Å². The second-order valence-corrected chi connectivity index (χ2v) is 6.77. The minimum Gasteiger partial charge on any atom is -0.352 e. The van der Waals surface area contributed by atoms with E-state index in [0.29, 0.717) is 25.9 Å². The standard InChI is InChI=1S/C13H29N2O4P/c1-3-18-20(17,19-4-2)12-10-8-6-5-7-9-11-15-13(14)16/h3-12H2,1-2H3,(H3,14,15,16). The quantitative estimate of drug-likeness (QED) is 0.403. The lowest BCUT2D eigenvalue weighted by Crippen LogP contribution is -2.29. The van der Waals surface area contributed by atoms with Crippen molar-refractivity contribution < 1.29 is 18.4 Å². The molecule has 0 aromatic rings. The highest BCUT2D eigenvalue weighted by Crippen LogP contribution is 2.48. The molecule has 20 heavy (non-hydrogen) atoms. The van der Waals surface area contributed by atoms with Gasteiger partial charge >= 0.3 is 13.6 Å². The van der Waals surface area contributed by atoms with Crippen LogP contribution in [0.4, 0.5) is 4.79 Å². The van der Waals surface area contributed by atoms with E-state index < -0.39 is 13.6 Å². The molecule has 0 radical (unpaired) electrons. The molecule has 0 unspecified atom stereocenters. The van der Waals surface area contributed by atoms with Crippen LogP contribution in [0.5, 0.6) is 0 Å². The van der Waals surface area contributed by atoms with Crippen LogP contribution < -0.4 is 11.1 Å². The van der Waals surface area contributed by atoms with Crippen LogP contribution in [0.1, 0.15) is 52.4 Å². The Bertz CT molecular complexity index is 290. The third-order valence-corrected chi connectivity index (χ3v) is 4.98. The fourth-order valence-corrected chi connectivity index (χ4v) is 3.64. The molecule has 2 amide bonds. The lowest BCUT2D eigenvalue weighted by molar-refractivity contribution is 0.219. The topological polar surface area (TPSA) is 90.6 Å².